The second kappa shape index (κ2) is 5.65. The molecule has 0 radical (unpaired) electrons. The van der Waals surface area contributed by atoms with Crippen LogP contribution in [0.1, 0.15) is 5.56 Å². The Morgan fingerprint density at radius 1 is 1.12 bits per heavy atom. The largest absolute Gasteiger partial charge is 0.493 e. The van der Waals surface area contributed by atoms with Crippen molar-refractivity contribution in [3.05, 3.63) is 23.3 Å². The van der Waals surface area contributed by atoms with Crippen molar-refractivity contribution < 1.29 is 18.3 Å². The molecule has 0 atom stereocenters. The second-order valence-corrected chi connectivity index (χ2v) is 3.24. The van der Waals surface area contributed by atoms with E-state index in [1.54, 1.807) is 7.05 Å². The highest BCUT2D eigenvalue weighted by Crippen LogP contribution is 2.34. The van der Waals surface area contributed by atoms with Crippen molar-refractivity contribution in [3.8, 4) is 11.5 Å². The summed E-state index contributed by atoms with van der Waals surface area (Å²) >= 11 is 0. The van der Waals surface area contributed by atoms with Crippen LogP contribution in [-0.2, 0) is 6.42 Å². The fraction of sp³-hybridized carbons (Fsp3) is 0.455. The Balaban J connectivity index is 3.25. The van der Waals surface area contributed by atoms with Gasteiger partial charge < -0.3 is 14.8 Å². The first-order chi connectivity index (χ1) is 7.65. The standard InChI is InChI=1S/C11H15F2NO2/c1-14-5-4-7-10(15-2)8(12)6-9(13)11(7)16-3/h6,14H,4-5H2,1-3H3. The molecule has 0 saturated carbocycles. The topological polar surface area (TPSA) is 30.5 Å². The summed E-state index contributed by atoms with van der Waals surface area (Å²) in [7, 11) is 4.45. The van der Waals surface area contributed by atoms with Gasteiger partial charge in [-0.3, -0.25) is 0 Å². The summed E-state index contributed by atoms with van der Waals surface area (Å²) in [6, 6.07) is 0.764. The number of methoxy groups -OCH3 is 2. The van der Waals surface area contributed by atoms with Crippen LogP contribution in [0.2, 0.25) is 0 Å². The van der Waals surface area contributed by atoms with Crippen molar-refractivity contribution in [3.63, 3.8) is 0 Å². The van der Waals surface area contributed by atoms with Gasteiger partial charge in [0.1, 0.15) is 0 Å². The van der Waals surface area contributed by atoms with Crippen LogP contribution in [0, 0.1) is 11.6 Å². The molecule has 0 bridgehead atoms. The number of ether oxygens (including phenoxy) is 2. The molecule has 1 N–H and O–H groups in total. The zero-order valence-electron chi connectivity index (χ0n) is 9.56. The molecule has 0 amide bonds. The van der Waals surface area contributed by atoms with Crippen molar-refractivity contribution in [1.82, 2.24) is 5.32 Å². The first-order valence-corrected chi connectivity index (χ1v) is 4.89. The fourth-order valence-corrected chi connectivity index (χ4v) is 1.55. The Morgan fingerprint density at radius 3 is 2.00 bits per heavy atom. The van der Waals surface area contributed by atoms with Gasteiger partial charge in [0.15, 0.2) is 23.1 Å². The Kier molecular flexibility index (Phi) is 4.49. The van der Waals surface area contributed by atoms with Crippen molar-refractivity contribution in [2.24, 2.45) is 0 Å². The monoisotopic (exact) mass is 231 g/mol. The lowest BCUT2D eigenvalue weighted by Crippen LogP contribution is -2.13. The summed E-state index contributed by atoms with van der Waals surface area (Å²) in [6.07, 6.45) is 0.428. The van der Waals surface area contributed by atoms with E-state index in [0.717, 1.165) is 6.07 Å². The molecule has 0 aromatic heterocycles. The van der Waals surface area contributed by atoms with E-state index in [1.165, 1.54) is 14.2 Å². The zero-order chi connectivity index (χ0) is 12.1. The SMILES string of the molecule is CNCCc1c(OC)c(F)cc(F)c1OC. The lowest BCUT2D eigenvalue weighted by Gasteiger charge is -2.14. The average Bonchev–Trinajstić information content (AvgIpc) is 2.26. The summed E-state index contributed by atoms with van der Waals surface area (Å²) in [5.41, 5.74) is 0.400. The minimum absolute atomic E-state index is 0.0356. The molecule has 1 aromatic carbocycles. The third-order valence-corrected chi connectivity index (χ3v) is 2.27. The minimum atomic E-state index is -0.716. The van der Waals surface area contributed by atoms with Gasteiger partial charge in [-0.2, -0.15) is 0 Å². The van der Waals surface area contributed by atoms with Gasteiger partial charge in [0, 0.05) is 11.6 Å². The Morgan fingerprint density at radius 2 is 1.62 bits per heavy atom. The lowest BCUT2D eigenvalue weighted by molar-refractivity contribution is 0.349. The van der Waals surface area contributed by atoms with Crippen molar-refractivity contribution in [2.75, 3.05) is 27.8 Å². The molecule has 1 aromatic rings. The van der Waals surface area contributed by atoms with Gasteiger partial charge in [0.2, 0.25) is 0 Å². The van der Waals surface area contributed by atoms with Crippen molar-refractivity contribution in [2.45, 2.75) is 6.42 Å². The van der Waals surface area contributed by atoms with E-state index >= 15 is 0 Å². The number of nitrogens with one attached hydrogen (secondary N) is 1. The summed E-state index contributed by atoms with van der Waals surface area (Å²) in [6.45, 7) is 0.579. The lowest BCUT2D eigenvalue weighted by atomic mass is 10.1. The van der Waals surface area contributed by atoms with Crippen LogP contribution in [-0.4, -0.2) is 27.8 Å². The highest BCUT2D eigenvalue weighted by Gasteiger charge is 2.19. The Labute approximate surface area is 93.4 Å². The molecule has 0 aliphatic carbocycles. The molecule has 0 saturated heterocycles. The van der Waals surface area contributed by atoms with Gasteiger partial charge in [-0.15, -0.1) is 0 Å². The van der Waals surface area contributed by atoms with Gasteiger partial charge in [0.05, 0.1) is 14.2 Å². The minimum Gasteiger partial charge on any atom is -0.493 e. The van der Waals surface area contributed by atoms with Crippen molar-refractivity contribution >= 4 is 0 Å². The van der Waals surface area contributed by atoms with E-state index < -0.39 is 11.6 Å². The number of halogens is 2. The van der Waals surface area contributed by atoms with Crippen LogP contribution < -0.4 is 14.8 Å². The third-order valence-electron chi connectivity index (χ3n) is 2.27. The maximum atomic E-state index is 13.4. The first-order valence-electron chi connectivity index (χ1n) is 4.89. The van der Waals surface area contributed by atoms with Crippen LogP contribution in [0.3, 0.4) is 0 Å². The van der Waals surface area contributed by atoms with Crippen LogP contribution in [0.4, 0.5) is 8.78 Å². The normalized spacial score (nSPS) is 10.3. The van der Waals surface area contributed by atoms with Crippen molar-refractivity contribution in [1.29, 1.82) is 0 Å². The number of rotatable bonds is 5. The van der Waals surface area contributed by atoms with Crippen LogP contribution >= 0.6 is 0 Å². The van der Waals surface area contributed by atoms with E-state index in [9.17, 15) is 8.78 Å². The smallest absolute Gasteiger partial charge is 0.168 e. The summed E-state index contributed by atoms with van der Waals surface area (Å²) in [4.78, 5) is 0. The van der Waals surface area contributed by atoms with E-state index in [1.807, 2.05) is 0 Å². The van der Waals surface area contributed by atoms with E-state index in [0.29, 0.717) is 18.5 Å². The molecule has 0 aliphatic heterocycles. The van der Waals surface area contributed by atoms with Gasteiger partial charge in [0.25, 0.3) is 0 Å². The van der Waals surface area contributed by atoms with E-state index in [4.69, 9.17) is 9.47 Å². The Bertz CT molecular complexity index is 341. The van der Waals surface area contributed by atoms with Gasteiger partial charge >= 0.3 is 0 Å². The summed E-state index contributed by atoms with van der Waals surface area (Å²) < 4.78 is 36.7. The molecule has 0 spiro atoms. The number of hydrogen-bond donors (Lipinski definition) is 1. The quantitative estimate of drug-likeness (QED) is 0.837. The highest BCUT2D eigenvalue weighted by molar-refractivity contribution is 5.47. The maximum absolute atomic E-state index is 13.4. The predicted molar refractivity (Wildman–Crippen MR) is 57.1 cm³/mol. The number of likely N-dealkylation sites (N-methyl/N-ethyl adjacent to an activating group) is 1. The van der Waals surface area contributed by atoms with Crippen LogP contribution in [0.25, 0.3) is 0 Å². The summed E-state index contributed by atoms with van der Waals surface area (Å²) in [5, 5.41) is 2.90. The molecule has 0 unspecified atom stereocenters. The van der Waals surface area contributed by atoms with Crippen LogP contribution in [0.5, 0.6) is 11.5 Å². The molecule has 0 fully saturated rings. The van der Waals surface area contributed by atoms with Gasteiger partial charge in [-0.25, -0.2) is 8.78 Å². The molecular weight excluding hydrogens is 216 g/mol. The molecular formula is C11H15F2NO2. The molecule has 5 heteroatoms. The third kappa shape index (κ3) is 2.41. The van der Waals surface area contributed by atoms with E-state index in [2.05, 4.69) is 5.32 Å². The number of hydrogen-bond acceptors (Lipinski definition) is 3. The first kappa shape index (κ1) is 12.7. The van der Waals surface area contributed by atoms with E-state index in [-0.39, 0.29) is 11.5 Å². The molecule has 1 rings (SSSR count). The molecule has 16 heavy (non-hydrogen) atoms. The molecule has 90 valence electrons. The van der Waals surface area contributed by atoms with Gasteiger partial charge in [-0.1, -0.05) is 0 Å². The number of benzene rings is 1. The predicted octanol–water partition coefficient (Wildman–Crippen LogP) is 1.74. The zero-order valence-corrected chi connectivity index (χ0v) is 9.56. The van der Waals surface area contributed by atoms with Crippen LogP contribution in [0.15, 0.2) is 6.07 Å². The molecule has 3 nitrogen and oxygen atoms in total. The fourth-order valence-electron chi connectivity index (χ4n) is 1.55. The highest BCUT2D eigenvalue weighted by atomic mass is 19.1. The molecule has 0 aliphatic rings. The van der Waals surface area contributed by atoms with Gasteiger partial charge in [-0.05, 0) is 20.0 Å². The molecule has 0 heterocycles. The Hall–Kier alpha value is -1.36. The average molecular weight is 231 g/mol. The maximum Gasteiger partial charge on any atom is 0.168 e. The summed E-state index contributed by atoms with van der Waals surface area (Å²) in [5.74, 6) is -1.36. The second-order valence-electron chi connectivity index (χ2n) is 3.24.